The first-order chi connectivity index (χ1) is 9.28. The first-order valence-electron chi connectivity index (χ1n) is 6.53. The van der Waals surface area contributed by atoms with Crippen LogP contribution in [0.25, 0.3) is 0 Å². The number of benzene rings is 1. The second-order valence-corrected chi connectivity index (χ2v) is 7.65. The van der Waals surface area contributed by atoms with Gasteiger partial charge in [0, 0.05) is 10.9 Å². The minimum atomic E-state index is 0.371. The highest BCUT2D eigenvalue weighted by molar-refractivity contribution is 9.11. The van der Waals surface area contributed by atoms with E-state index in [-0.39, 0.29) is 0 Å². The standard InChI is InChI=1S/C15H17BrN2S/c16-15-7-6-11(19-15)8-14(18-17)13-9-12(13)10-4-2-1-3-5-10/h1-7,12-14,18H,8-9,17H2. The number of hydrogen-bond donors (Lipinski definition) is 2. The van der Waals surface area contributed by atoms with Gasteiger partial charge in [0.1, 0.15) is 0 Å². The molecule has 3 N–H and O–H groups in total. The lowest BCUT2D eigenvalue weighted by Gasteiger charge is -2.15. The SMILES string of the molecule is NNC(Cc1ccc(Br)s1)C1CC1c1ccccc1. The van der Waals surface area contributed by atoms with Gasteiger partial charge in [-0.25, -0.2) is 0 Å². The number of rotatable bonds is 5. The van der Waals surface area contributed by atoms with Crippen molar-refractivity contribution in [3.63, 3.8) is 0 Å². The summed E-state index contributed by atoms with van der Waals surface area (Å²) in [5.41, 5.74) is 4.46. The van der Waals surface area contributed by atoms with E-state index < -0.39 is 0 Å². The number of hydrazine groups is 1. The molecule has 1 aromatic carbocycles. The first kappa shape index (κ1) is 13.3. The highest BCUT2D eigenvalue weighted by atomic mass is 79.9. The topological polar surface area (TPSA) is 38.0 Å². The Hall–Kier alpha value is -0.680. The molecule has 3 rings (SSSR count). The Balaban J connectivity index is 1.65. The van der Waals surface area contributed by atoms with Crippen LogP contribution in [-0.2, 0) is 6.42 Å². The molecule has 2 nitrogen and oxygen atoms in total. The quantitative estimate of drug-likeness (QED) is 0.645. The molecule has 1 saturated carbocycles. The van der Waals surface area contributed by atoms with E-state index in [4.69, 9.17) is 5.84 Å². The lowest BCUT2D eigenvalue weighted by molar-refractivity contribution is 0.467. The monoisotopic (exact) mass is 336 g/mol. The second kappa shape index (κ2) is 5.75. The molecular formula is C15H17BrN2S. The van der Waals surface area contributed by atoms with Crippen molar-refractivity contribution in [2.75, 3.05) is 0 Å². The number of hydrogen-bond acceptors (Lipinski definition) is 3. The Morgan fingerprint density at radius 1 is 1.26 bits per heavy atom. The van der Waals surface area contributed by atoms with Crippen LogP contribution in [0, 0.1) is 5.92 Å². The van der Waals surface area contributed by atoms with E-state index in [1.54, 1.807) is 11.3 Å². The zero-order valence-electron chi connectivity index (χ0n) is 10.6. The summed E-state index contributed by atoms with van der Waals surface area (Å²) in [7, 11) is 0. The van der Waals surface area contributed by atoms with Gasteiger partial charge in [-0.05, 0) is 58.3 Å². The van der Waals surface area contributed by atoms with Gasteiger partial charge in [-0.15, -0.1) is 11.3 Å². The van der Waals surface area contributed by atoms with Crippen molar-refractivity contribution >= 4 is 27.3 Å². The molecule has 100 valence electrons. The summed E-state index contributed by atoms with van der Waals surface area (Å²) < 4.78 is 1.19. The minimum Gasteiger partial charge on any atom is -0.271 e. The van der Waals surface area contributed by atoms with Crippen LogP contribution in [-0.4, -0.2) is 6.04 Å². The van der Waals surface area contributed by atoms with Gasteiger partial charge in [-0.3, -0.25) is 11.3 Å². The Kier molecular flexibility index (Phi) is 4.03. The van der Waals surface area contributed by atoms with Crippen molar-refractivity contribution in [3.8, 4) is 0 Å². The van der Waals surface area contributed by atoms with Gasteiger partial charge >= 0.3 is 0 Å². The van der Waals surface area contributed by atoms with Crippen LogP contribution in [0.1, 0.15) is 22.8 Å². The van der Waals surface area contributed by atoms with E-state index in [1.807, 2.05) is 0 Å². The summed E-state index contributed by atoms with van der Waals surface area (Å²) in [6, 6.07) is 15.4. The molecule has 3 unspecified atom stereocenters. The fourth-order valence-corrected chi connectivity index (χ4v) is 4.30. The molecule has 19 heavy (non-hydrogen) atoms. The summed E-state index contributed by atoms with van der Waals surface area (Å²) in [4.78, 5) is 1.38. The summed E-state index contributed by atoms with van der Waals surface area (Å²) in [6.07, 6.45) is 2.26. The molecular weight excluding hydrogens is 320 g/mol. The molecule has 0 aliphatic heterocycles. The maximum atomic E-state index is 5.75. The smallest absolute Gasteiger partial charge is 0.0701 e. The molecule has 0 amide bonds. The second-order valence-electron chi connectivity index (χ2n) is 5.10. The van der Waals surface area contributed by atoms with Gasteiger partial charge in [0.25, 0.3) is 0 Å². The maximum Gasteiger partial charge on any atom is 0.0701 e. The van der Waals surface area contributed by atoms with Crippen LogP contribution in [0.4, 0.5) is 0 Å². The largest absolute Gasteiger partial charge is 0.271 e. The van der Waals surface area contributed by atoms with Crippen molar-refractivity contribution in [1.82, 2.24) is 5.43 Å². The first-order valence-corrected chi connectivity index (χ1v) is 8.14. The van der Waals surface area contributed by atoms with Gasteiger partial charge in [0.2, 0.25) is 0 Å². The normalized spacial score (nSPS) is 23.3. The zero-order chi connectivity index (χ0) is 13.2. The average molecular weight is 337 g/mol. The predicted octanol–water partition coefficient (Wildman–Crippen LogP) is 3.69. The number of nitrogens with one attached hydrogen (secondary N) is 1. The molecule has 0 saturated heterocycles. The molecule has 2 aromatic rings. The van der Waals surface area contributed by atoms with Gasteiger partial charge in [-0.2, -0.15) is 0 Å². The number of thiophene rings is 1. The van der Waals surface area contributed by atoms with Gasteiger partial charge in [-0.1, -0.05) is 30.3 Å². The van der Waals surface area contributed by atoms with Crippen molar-refractivity contribution in [2.45, 2.75) is 24.8 Å². The van der Waals surface area contributed by atoms with E-state index in [0.717, 1.165) is 6.42 Å². The minimum absolute atomic E-state index is 0.371. The number of nitrogens with two attached hydrogens (primary N) is 1. The molecule has 1 heterocycles. The van der Waals surface area contributed by atoms with Crippen LogP contribution in [0.2, 0.25) is 0 Å². The molecule has 1 aromatic heterocycles. The Bertz CT molecular complexity index is 540. The fourth-order valence-electron chi connectivity index (χ4n) is 2.75. The van der Waals surface area contributed by atoms with Crippen molar-refractivity contribution < 1.29 is 0 Å². The third-order valence-electron chi connectivity index (χ3n) is 3.85. The maximum absolute atomic E-state index is 5.75. The zero-order valence-corrected chi connectivity index (χ0v) is 13.0. The predicted molar refractivity (Wildman–Crippen MR) is 84.1 cm³/mol. The van der Waals surface area contributed by atoms with Gasteiger partial charge in [0.05, 0.1) is 3.79 Å². The van der Waals surface area contributed by atoms with Crippen molar-refractivity contribution in [1.29, 1.82) is 0 Å². The highest BCUT2D eigenvalue weighted by Gasteiger charge is 2.43. The van der Waals surface area contributed by atoms with Gasteiger partial charge < -0.3 is 0 Å². The summed E-state index contributed by atoms with van der Waals surface area (Å²) in [6.45, 7) is 0. The summed E-state index contributed by atoms with van der Waals surface area (Å²) >= 11 is 5.31. The fraction of sp³-hybridized carbons (Fsp3) is 0.333. The Labute approximate surface area is 126 Å². The third-order valence-corrected chi connectivity index (χ3v) is 5.49. The molecule has 0 spiro atoms. The van der Waals surface area contributed by atoms with E-state index in [9.17, 15) is 0 Å². The molecule has 1 aliphatic rings. The van der Waals surface area contributed by atoms with Crippen molar-refractivity contribution in [2.24, 2.45) is 11.8 Å². The van der Waals surface area contributed by atoms with Crippen LogP contribution in [0.15, 0.2) is 46.3 Å². The van der Waals surface area contributed by atoms with E-state index in [2.05, 4.69) is 63.8 Å². The van der Waals surface area contributed by atoms with Crippen LogP contribution < -0.4 is 11.3 Å². The lowest BCUT2D eigenvalue weighted by Crippen LogP contribution is -2.38. The number of halogens is 1. The Morgan fingerprint density at radius 2 is 2.05 bits per heavy atom. The van der Waals surface area contributed by atoms with Crippen molar-refractivity contribution in [3.05, 3.63) is 56.7 Å². The average Bonchev–Trinajstić information content (AvgIpc) is 3.13. The van der Waals surface area contributed by atoms with E-state index in [1.165, 1.54) is 20.6 Å². The highest BCUT2D eigenvalue weighted by Crippen LogP contribution is 2.50. The van der Waals surface area contributed by atoms with E-state index >= 15 is 0 Å². The van der Waals surface area contributed by atoms with Crippen LogP contribution in [0.5, 0.6) is 0 Å². The molecule has 0 bridgehead atoms. The van der Waals surface area contributed by atoms with Crippen LogP contribution >= 0.6 is 27.3 Å². The van der Waals surface area contributed by atoms with Gasteiger partial charge in [0.15, 0.2) is 0 Å². The molecule has 1 fully saturated rings. The third kappa shape index (κ3) is 3.08. The molecule has 4 heteroatoms. The molecule has 1 aliphatic carbocycles. The molecule has 3 atom stereocenters. The van der Waals surface area contributed by atoms with Crippen LogP contribution in [0.3, 0.4) is 0 Å². The lowest BCUT2D eigenvalue weighted by atomic mass is 10.0. The summed E-state index contributed by atoms with van der Waals surface area (Å²) in [5, 5.41) is 0. The summed E-state index contributed by atoms with van der Waals surface area (Å²) in [5.74, 6) is 7.08. The van der Waals surface area contributed by atoms with E-state index in [0.29, 0.717) is 17.9 Å². The Morgan fingerprint density at radius 3 is 2.68 bits per heavy atom. The molecule has 0 radical (unpaired) electrons.